The SMILES string of the molecule is O=C(Nc1ccc2c(c1)CN(C(=O)c1ccco1)CC2)c1ccc(S(=O)(=O)N2CCOCC2)cc1. The van der Waals surface area contributed by atoms with Crippen LogP contribution in [-0.4, -0.2) is 62.3 Å². The first kappa shape index (κ1) is 23.3. The van der Waals surface area contributed by atoms with E-state index >= 15 is 0 Å². The summed E-state index contributed by atoms with van der Waals surface area (Å²) >= 11 is 0. The number of amides is 2. The number of benzene rings is 2. The van der Waals surface area contributed by atoms with Gasteiger partial charge in [0.25, 0.3) is 11.8 Å². The van der Waals surface area contributed by atoms with Gasteiger partial charge in [-0.3, -0.25) is 9.59 Å². The van der Waals surface area contributed by atoms with E-state index in [1.807, 2.05) is 18.2 Å². The predicted octanol–water partition coefficient (Wildman–Crippen LogP) is 2.75. The Balaban J connectivity index is 1.26. The summed E-state index contributed by atoms with van der Waals surface area (Å²) < 4.78 is 37.4. The normalized spacial score (nSPS) is 16.5. The second-order valence-corrected chi connectivity index (χ2v) is 10.4. The van der Waals surface area contributed by atoms with Crippen molar-refractivity contribution >= 4 is 27.5 Å². The highest BCUT2D eigenvalue weighted by Gasteiger charge is 2.27. The summed E-state index contributed by atoms with van der Waals surface area (Å²) in [6, 6.07) is 14.9. The van der Waals surface area contributed by atoms with E-state index in [2.05, 4.69) is 5.32 Å². The molecular formula is C25H25N3O6S. The highest BCUT2D eigenvalue weighted by atomic mass is 32.2. The fourth-order valence-corrected chi connectivity index (χ4v) is 5.69. The van der Waals surface area contributed by atoms with Crippen LogP contribution in [0.3, 0.4) is 0 Å². The molecule has 0 unspecified atom stereocenters. The van der Waals surface area contributed by atoms with E-state index in [1.54, 1.807) is 17.0 Å². The number of nitrogens with one attached hydrogen (secondary N) is 1. The van der Waals surface area contributed by atoms with Crippen molar-refractivity contribution in [3.05, 3.63) is 83.3 Å². The van der Waals surface area contributed by atoms with Gasteiger partial charge in [-0.25, -0.2) is 8.42 Å². The Morgan fingerprint density at radius 1 is 0.914 bits per heavy atom. The van der Waals surface area contributed by atoms with Crippen LogP contribution >= 0.6 is 0 Å². The van der Waals surface area contributed by atoms with Gasteiger partial charge in [0.05, 0.1) is 24.4 Å². The van der Waals surface area contributed by atoms with Crippen molar-refractivity contribution in [1.82, 2.24) is 9.21 Å². The third-order valence-corrected chi connectivity index (χ3v) is 8.13. The molecule has 3 heterocycles. The Labute approximate surface area is 203 Å². The molecule has 0 radical (unpaired) electrons. The zero-order valence-corrected chi connectivity index (χ0v) is 19.8. The molecule has 0 spiro atoms. The first-order chi connectivity index (χ1) is 16.9. The first-order valence-corrected chi connectivity index (χ1v) is 12.8. The number of rotatable bonds is 5. The Hall–Kier alpha value is -3.47. The smallest absolute Gasteiger partial charge is 0.289 e. The van der Waals surface area contributed by atoms with Crippen LogP contribution in [0.15, 0.2) is 70.2 Å². The topological polar surface area (TPSA) is 109 Å². The monoisotopic (exact) mass is 495 g/mol. The molecule has 2 amide bonds. The van der Waals surface area contributed by atoms with E-state index in [9.17, 15) is 18.0 Å². The molecule has 9 nitrogen and oxygen atoms in total. The van der Waals surface area contributed by atoms with Crippen LogP contribution in [0.25, 0.3) is 0 Å². The summed E-state index contributed by atoms with van der Waals surface area (Å²) in [6.07, 6.45) is 2.19. The summed E-state index contributed by atoms with van der Waals surface area (Å²) in [4.78, 5) is 27.3. The molecule has 0 saturated carbocycles. The Kier molecular flexibility index (Phi) is 6.42. The van der Waals surface area contributed by atoms with Crippen molar-refractivity contribution in [3.8, 4) is 0 Å². The molecular weight excluding hydrogens is 470 g/mol. The molecule has 182 valence electrons. The van der Waals surface area contributed by atoms with Crippen LogP contribution < -0.4 is 5.32 Å². The number of carbonyl (C=O) groups is 2. The highest BCUT2D eigenvalue weighted by Crippen LogP contribution is 2.25. The molecule has 1 fully saturated rings. The number of hydrogen-bond acceptors (Lipinski definition) is 6. The Bertz CT molecular complexity index is 1330. The van der Waals surface area contributed by atoms with E-state index in [0.717, 1.165) is 17.5 Å². The van der Waals surface area contributed by atoms with Gasteiger partial charge in [0.1, 0.15) is 0 Å². The van der Waals surface area contributed by atoms with Gasteiger partial charge in [0, 0.05) is 37.4 Å². The quantitative estimate of drug-likeness (QED) is 0.583. The average molecular weight is 496 g/mol. The lowest BCUT2D eigenvalue weighted by Gasteiger charge is -2.28. The number of anilines is 1. The molecule has 3 aromatic rings. The van der Waals surface area contributed by atoms with Crippen LogP contribution in [-0.2, 0) is 27.7 Å². The lowest BCUT2D eigenvalue weighted by Crippen LogP contribution is -2.40. The van der Waals surface area contributed by atoms with Gasteiger partial charge in [-0.05, 0) is 66.1 Å². The van der Waals surface area contributed by atoms with E-state index in [1.165, 1.54) is 34.8 Å². The number of furan rings is 1. The fraction of sp³-hybridized carbons (Fsp3) is 0.280. The van der Waals surface area contributed by atoms with Gasteiger partial charge in [-0.2, -0.15) is 4.31 Å². The average Bonchev–Trinajstić information content (AvgIpc) is 3.43. The predicted molar refractivity (Wildman–Crippen MR) is 128 cm³/mol. The lowest BCUT2D eigenvalue weighted by atomic mass is 9.98. The summed E-state index contributed by atoms with van der Waals surface area (Å²) in [5.41, 5.74) is 3.04. The lowest BCUT2D eigenvalue weighted by molar-refractivity contribution is 0.0702. The fourth-order valence-electron chi connectivity index (χ4n) is 4.28. The molecule has 1 N–H and O–H groups in total. The molecule has 0 bridgehead atoms. The second-order valence-electron chi connectivity index (χ2n) is 8.43. The molecule has 2 aromatic carbocycles. The molecule has 0 atom stereocenters. The maximum Gasteiger partial charge on any atom is 0.289 e. The first-order valence-electron chi connectivity index (χ1n) is 11.4. The van der Waals surface area contributed by atoms with Crippen molar-refractivity contribution in [1.29, 1.82) is 0 Å². The minimum absolute atomic E-state index is 0.144. The maximum atomic E-state index is 12.8. The number of hydrogen-bond donors (Lipinski definition) is 1. The van der Waals surface area contributed by atoms with Crippen molar-refractivity contribution < 1.29 is 27.2 Å². The third-order valence-electron chi connectivity index (χ3n) is 6.22. The van der Waals surface area contributed by atoms with Crippen molar-refractivity contribution in [3.63, 3.8) is 0 Å². The number of nitrogens with zero attached hydrogens (tertiary/aromatic N) is 2. The van der Waals surface area contributed by atoms with Gasteiger partial charge < -0.3 is 19.4 Å². The van der Waals surface area contributed by atoms with Gasteiger partial charge in [-0.1, -0.05) is 6.07 Å². The minimum atomic E-state index is -3.62. The summed E-state index contributed by atoms with van der Waals surface area (Å²) in [6.45, 7) is 2.38. The molecule has 0 aliphatic carbocycles. The largest absolute Gasteiger partial charge is 0.459 e. The molecule has 1 saturated heterocycles. The van der Waals surface area contributed by atoms with E-state index < -0.39 is 10.0 Å². The van der Waals surface area contributed by atoms with Crippen molar-refractivity contribution in [2.24, 2.45) is 0 Å². The zero-order chi connectivity index (χ0) is 24.4. The standard InChI is InChI=1S/C25H25N3O6S/c29-24(19-4-7-22(8-5-19)35(31,32)28-11-14-33-15-12-28)26-21-6-3-18-9-10-27(17-20(18)16-21)25(30)23-2-1-13-34-23/h1-8,13,16H,9-12,14-15,17H2,(H,26,29). The number of fused-ring (bicyclic) bond motifs is 1. The number of ether oxygens (including phenoxy) is 1. The molecule has 2 aliphatic heterocycles. The van der Waals surface area contributed by atoms with Crippen molar-refractivity contribution in [2.45, 2.75) is 17.9 Å². The molecule has 2 aliphatic rings. The second kappa shape index (κ2) is 9.65. The van der Waals surface area contributed by atoms with Crippen LogP contribution in [0.1, 0.15) is 32.0 Å². The van der Waals surface area contributed by atoms with Crippen LogP contribution in [0.4, 0.5) is 5.69 Å². The summed E-state index contributed by atoms with van der Waals surface area (Å²) in [5, 5.41) is 2.86. The van der Waals surface area contributed by atoms with Gasteiger partial charge in [0.2, 0.25) is 10.0 Å². The maximum absolute atomic E-state index is 12.8. The third kappa shape index (κ3) is 4.86. The minimum Gasteiger partial charge on any atom is -0.459 e. The summed E-state index contributed by atoms with van der Waals surface area (Å²) in [5.74, 6) is -0.209. The molecule has 1 aromatic heterocycles. The number of morpholine rings is 1. The number of sulfonamides is 1. The highest BCUT2D eigenvalue weighted by molar-refractivity contribution is 7.89. The van der Waals surface area contributed by atoms with Crippen LogP contribution in [0, 0.1) is 0 Å². The molecule has 10 heteroatoms. The van der Waals surface area contributed by atoms with Gasteiger partial charge >= 0.3 is 0 Å². The molecule has 35 heavy (non-hydrogen) atoms. The van der Waals surface area contributed by atoms with Gasteiger partial charge in [-0.15, -0.1) is 0 Å². The Morgan fingerprint density at radius 2 is 1.69 bits per heavy atom. The van der Waals surface area contributed by atoms with E-state index in [0.29, 0.717) is 56.4 Å². The zero-order valence-electron chi connectivity index (χ0n) is 19.0. The molecule has 5 rings (SSSR count). The summed E-state index contributed by atoms with van der Waals surface area (Å²) in [7, 11) is -3.62. The number of carbonyl (C=O) groups excluding carboxylic acids is 2. The van der Waals surface area contributed by atoms with Crippen LogP contribution in [0.2, 0.25) is 0 Å². The van der Waals surface area contributed by atoms with Crippen LogP contribution in [0.5, 0.6) is 0 Å². The van der Waals surface area contributed by atoms with Crippen molar-refractivity contribution in [2.75, 3.05) is 38.2 Å². The van der Waals surface area contributed by atoms with Gasteiger partial charge in [0.15, 0.2) is 5.76 Å². The van der Waals surface area contributed by atoms with E-state index in [-0.39, 0.29) is 16.7 Å². The van der Waals surface area contributed by atoms with E-state index in [4.69, 9.17) is 9.15 Å². The Morgan fingerprint density at radius 3 is 2.40 bits per heavy atom.